The smallest absolute Gasteiger partial charge is 0.144 e. The fourth-order valence-corrected chi connectivity index (χ4v) is 8.52. The first-order chi connectivity index (χ1) is 28.3. The van der Waals surface area contributed by atoms with Crippen LogP contribution in [0.5, 0.6) is 0 Å². The minimum absolute atomic E-state index is 0.887. The average molecular weight is 729 g/mol. The number of hydrogen-bond donors (Lipinski definition) is 0. The summed E-state index contributed by atoms with van der Waals surface area (Å²) < 4.78 is 9.19. The Bertz CT molecular complexity index is 3100. The zero-order valence-corrected chi connectivity index (χ0v) is 31.1. The molecule has 9 aromatic carbocycles. The lowest BCUT2D eigenvalue weighted by molar-refractivity contribution is 0.670. The van der Waals surface area contributed by atoms with Gasteiger partial charge < -0.3 is 13.9 Å². The van der Waals surface area contributed by atoms with Crippen LogP contribution in [0.2, 0.25) is 0 Å². The van der Waals surface area contributed by atoms with Crippen LogP contribution < -0.4 is 4.90 Å². The monoisotopic (exact) mass is 728 g/mol. The van der Waals surface area contributed by atoms with Gasteiger partial charge in [-0.1, -0.05) is 152 Å². The number of anilines is 3. The highest BCUT2D eigenvalue weighted by Gasteiger charge is 2.23. The third-order valence-corrected chi connectivity index (χ3v) is 11.2. The molecular weight excluding hydrogens is 693 g/mol. The molecule has 0 aliphatic heterocycles. The molecule has 11 rings (SSSR count). The Hall–Kier alpha value is -7.62. The Balaban J connectivity index is 1.08. The van der Waals surface area contributed by atoms with E-state index in [-0.39, 0.29) is 0 Å². The van der Waals surface area contributed by atoms with Gasteiger partial charge in [0.1, 0.15) is 11.2 Å². The van der Waals surface area contributed by atoms with Gasteiger partial charge >= 0.3 is 0 Å². The fraction of sp³-hybridized carbons (Fsp3) is 0. The zero-order valence-electron chi connectivity index (χ0n) is 31.1. The molecule has 0 amide bonds. The lowest BCUT2D eigenvalue weighted by atomic mass is 9.97. The van der Waals surface area contributed by atoms with E-state index in [9.17, 15) is 0 Å². The van der Waals surface area contributed by atoms with Crippen LogP contribution in [0.1, 0.15) is 0 Å². The third kappa shape index (κ3) is 5.60. The van der Waals surface area contributed by atoms with Crippen LogP contribution in [-0.2, 0) is 0 Å². The standard InChI is InChI=1S/C54H36N2O/c1-4-14-37(15-5-1)39-24-30-43(31-25-39)55(44-32-26-40(27-33-44)38-16-6-2-7-17-38)45-34-28-41(29-35-45)48-36-50-52(53-47-21-11-13-23-51(47)57-54(48)53)46-20-10-12-22-49(46)56(50)42-18-8-3-9-19-42/h1-36H. The van der Waals surface area contributed by atoms with Gasteiger partial charge in [-0.15, -0.1) is 0 Å². The summed E-state index contributed by atoms with van der Waals surface area (Å²) in [5.74, 6) is 0. The van der Waals surface area contributed by atoms with Crippen LogP contribution in [0.15, 0.2) is 223 Å². The summed E-state index contributed by atoms with van der Waals surface area (Å²) in [5.41, 5.74) is 15.4. The quantitative estimate of drug-likeness (QED) is 0.163. The summed E-state index contributed by atoms with van der Waals surface area (Å²) in [6.45, 7) is 0. The molecule has 2 aromatic heterocycles. The highest BCUT2D eigenvalue weighted by molar-refractivity contribution is 6.29. The molecule has 0 aliphatic carbocycles. The average Bonchev–Trinajstić information content (AvgIpc) is 3.84. The van der Waals surface area contributed by atoms with Crippen molar-refractivity contribution >= 4 is 60.8 Å². The molecule has 0 unspecified atom stereocenters. The second-order valence-electron chi connectivity index (χ2n) is 14.5. The summed E-state index contributed by atoms with van der Waals surface area (Å²) in [7, 11) is 0. The van der Waals surface area contributed by atoms with Crippen molar-refractivity contribution in [2.24, 2.45) is 0 Å². The van der Waals surface area contributed by atoms with Crippen LogP contribution in [0.3, 0.4) is 0 Å². The van der Waals surface area contributed by atoms with Crippen molar-refractivity contribution in [2.75, 3.05) is 4.90 Å². The molecule has 0 aliphatic rings. The van der Waals surface area contributed by atoms with Crippen LogP contribution >= 0.6 is 0 Å². The predicted octanol–water partition coefficient (Wildman–Crippen LogP) is 15.2. The van der Waals surface area contributed by atoms with Crippen molar-refractivity contribution in [1.82, 2.24) is 4.57 Å². The van der Waals surface area contributed by atoms with Gasteiger partial charge in [-0.05, 0) is 94.5 Å². The van der Waals surface area contributed by atoms with E-state index < -0.39 is 0 Å². The Morgan fingerprint density at radius 1 is 0.351 bits per heavy atom. The van der Waals surface area contributed by atoms with Gasteiger partial charge in [-0.2, -0.15) is 0 Å². The highest BCUT2D eigenvalue weighted by atomic mass is 16.3. The Morgan fingerprint density at radius 2 is 0.807 bits per heavy atom. The second kappa shape index (κ2) is 13.6. The first-order valence-corrected chi connectivity index (χ1v) is 19.4. The molecule has 2 heterocycles. The molecule has 11 aromatic rings. The van der Waals surface area contributed by atoms with E-state index in [4.69, 9.17) is 4.42 Å². The Labute approximate surface area is 330 Å². The van der Waals surface area contributed by atoms with E-state index in [1.54, 1.807) is 0 Å². The maximum absolute atomic E-state index is 6.80. The van der Waals surface area contributed by atoms with Gasteiger partial charge in [-0.3, -0.25) is 0 Å². The summed E-state index contributed by atoms with van der Waals surface area (Å²) in [6, 6.07) is 77.9. The first kappa shape index (κ1) is 32.8. The van der Waals surface area contributed by atoms with Gasteiger partial charge in [-0.25, -0.2) is 0 Å². The van der Waals surface area contributed by atoms with Gasteiger partial charge in [0.05, 0.1) is 11.0 Å². The summed E-state index contributed by atoms with van der Waals surface area (Å²) in [6.07, 6.45) is 0. The van der Waals surface area contributed by atoms with Crippen molar-refractivity contribution in [3.8, 4) is 39.1 Å². The molecule has 0 bridgehead atoms. The van der Waals surface area contributed by atoms with Crippen LogP contribution in [0, 0.1) is 0 Å². The summed E-state index contributed by atoms with van der Waals surface area (Å²) >= 11 is 0. The van der Waals surface area contributed by atoms with Crippen LogP contribution in [-0.4, -0.2) is 4.57 Å². The topological polar surface area (TPSA) is 21.3 Å². The number of nitrogens with zero attached hydrogens (tertiary/aromatic N) is 2. The maximum atomic E-state index is 6.80. The molecule has 0 atom stereocenters. The van der Waals surface area contributed by atoms with Gasteiger partial charge in [0.15, 0.2) is 0 Å². The van der Waals surface area contributed by atoms with Gasteiger partial charge in [0.25, 0.3) is 0 Å². The van der Waals surface area contributed by atoms with Crippen LogP contribution in [0.25, 0.3) is 82.8 Å². The minimum Gasteiger partial charge on any atom is -0.455 e. The second-order valence-corrected chi connectivity index (χ2v) is 14.5. The van der Waals surface area contributed by atoms with Crippen molar-refractivity contribution in [3.63, 3.8) is 0 Å². The lowest BCUT2D eigenvalue weighted by Crippen LogP contribution is -2.09. The van der Waals surface area contributed by atoms with E-state index in [0.717, 1.165) is 61.3 Å². The van der Waals surface area contributed by atoms with Crippen molar-refractivity contribution in [2.45, 2.75) is 0 Å². The SMILES string of the molecule is c1ccc(-c2ccc(N(c3ccc(-c4ccccc4)cc3)c3ccc(-c4cc5c(c6ccccc6n5-c5ccccc5)c5c4oc4ccccc45)cc3)cc2)cc1. The van der Waals surface area contributed by atoms with Gasteiger partial charge in [0.2, 0.25) is 0 Å². The zero-order chi connectivity index (χ0) is 37.7. The molecule has 57 heavy (non-hydrogen) atoms. The number of para-hydroxylation sites is 3. The van der Waals surface area contributed by atoms with Crippen molar-refractivity contribution in [3.05, 3.63) is 218 Å². The number of benzene rings is 9. The van der Waals surface area contributed by atoms with E-state index in [1.165, 1.54) is 38.5 Å². The maximum Gasteiger partial charge on any atom is 0.144 e. The summed E-state index contributed by atoms with van der Waals surface area (Å²) in [5, 5.41) is 4.68. The Kier molecular flexibility index (Phi) is 7.82. The molecule has 0 saturated heterocycles. The van der Waals surface area contributed by atoms with Gasteiger partial charge in [0, 0.05) is 49.9 Å². The predicted molar refractivity (Wildman–Crippen MR) is 239 cm³/mol. The number of fused-ring (bicyclic) bond motifs is 7. The number of hydrogen-bond acceptors (Lipinski definition) is 2. The highest BCUT2D eigenvalue weighted by Crippen LogP contribution is 2.46. The van der Waals surface area contributed by atoms with E-state index in [1.807, 2.05) is 0 Å². The van der Waals surface area contributed by atoms with Crippen LogP contribution in [0.4, 0.5) is 17.1 Å². The number of rotatable bonds is 7. The molecule has 3 heteroatoms. The first-order valence-electron chi connectivity index (χ1n) is 19.4. The Morgan fingerprint density at radius 3 is 1.39 bits per heavy atom. The molecule has 0 radical (unpaired) electrons. The molecule has 0 N–H and O–H groups in total. The third-order valence-electron chi connectivity index (χ3n) is 11.2. The molecule has 3 nitrogen and oxygen atoms in total. The lowest BCUT2D eigenvalue weighted by Gasteiger charge is -2.26. The minimum atomic E-state index is 0.887. The summed E-state index contributed by atoms with van der Waals surface area (Å²) in [4.78, 5) is 2.33. The molecule has 0 spiro atoms. The number of furan rings is 1. The fourth-order valence-electron chi connectivity index (χ4n) is 8.52. The van der Waals surface area contributed by atoms with E-state index in [0.29, 0.717) is 0 Å². The molecular formula is C54H36N2O. The van der Waals surface area contributed by atoms with E-state index >= 15 is 0 Å². The molecule has 268 valence electrons. The largest absolute Gasteiger partial charge is 0.455 e. The van der Waals surface area contributed by atoms with Crippen molar-refractivity contribution < 1.29 is 4.42 Å². The molecule has 0 fully saturated rings. The number of aromatic nitrogens is 1. The van der Waals surface area contributed by atoms with Crippen molar-refractivity contribution in [1.29, 1.82) is 0 Å². The normalized spacial score (nSPS) is 11.5. The van der Waals surface area contributed by atoms with E-state index in [2.05, 4.69) is 228 Å². The molecule has 0 saturated carbocycles.